The average Bonchev–Trinajstić information content (AvgIpc) is 2.92. The molecule has 2 aromatic heterocycles. The van der Waals surface area contributed by atoms with Crippen LogP contribution in [-0.2, 0) is 6.42 Å². The molecule has 2 aromatic rings. The Kier molecular flexibility index (Phi) is 4.48. The Morgan fingerprint density at radius 1 is 1.45 bits per heavy atom. The quantitative estimate of drug-likeness (QED) is 0.589. The van der Waals surface area contributed by atoms with Gasteiger partial charge in [0.1, 0.15) is 12.0 Å². The van der Waals surface area contributed by atoms with Gasteiger partial charge in [-0.1, -0.05) is 0 Å². The van der Waals surface area contributed by atoms with Gasteiger partial charge in [0.15, 0.2) is 0 Å². The van der Waals surface area contributed by atoms with Gasteiger partial charge in [0.25, 0.3) is 0 Å². The van der Waals surface area contributed by atoms with Crippen molar-refractivity contribution in [2.45, 2.75) is 13.3 Å². The molecule has 0 saturated carbocycles. The van der Waals surface area contributed by atoms with Crippen LogP contribution in [0.1, 0.15) is 12.7 Å². The first-order chi connectivity index (χ1) is 9.70. The van der Waals surface area contributed by atoms with Crippen molar-refractivity contribution in [3.05, 3.63) is 40.5 Å². The minimum atomic E-state index is -0.509. The van der Waals surface area contributed by atoms with Gasteiger partial charge in [-0.3, -0.25) is 10.1 Å². The Hall–Kier alpha value is -2.64. The second kappa shape index (κ2) is 6.50. The van der Waals surface area contributed by atoms with E-state index in [0.29, 0.717) is 25.5 Å². The summed E-state index contributed by atoms with van der Waals surface area (Å²) in [5.74, 6) is 1.37. The van der Waals surface area contributed by atoms with E-state index in [-0.39, 0.29) is 11.5 Å². The lowest BCUT2D eigenvalue weighted by Gasteiger charge is -2.07. The molecule has 0 fully saturated rings. The van der Waals surface area contributed by atoms with Crippen LogP contribution in [0.4, 0.5) is 17.5 Å². The molecule has 2 rings (SSSR count). The van der Waals surface area contributed by atoms with Crippen molar-refractivity contribution in [2.24, 2.45) is 0 Å². The second-order valence-electron chi connectivity index (χ2n) is 3.97. The summed E-state index contributed by atoms with van der Waals surface area (Å²) in [7, 11) is 0. The van der Waals surface area contributed by atoms with Crippen LogP contribution >= 0.6 is 0 Å². The third kappa shape index (κ3) is 3.44. The van der Waals surface area contributed by atoms with Gasteiger partial charge in [-0.05, 0) is 19.1 Å². The van der Waals surface area contributed by atoms with E-state index in [1.807, 2.05) is 13.0 Å². The van der Waals surface area contributed by atoms with Crippen LogP contribution in [0, 0.1) is 10.1 Å². The molecule has 8 nitrogen and oxygen atoms in total. The summed E-state index contributed by atoms with van der Waals surface area (Å²) in [5.41, 5.74) is -0.147. The number of rotatable bonds is 7. The lowest BCUT2D eigenvalue weighted by atomic mass is 10.3. The number of anilines is 2. The lowest BCUT2D eigenvalue weighted by Crippen LogP contribution is -2.11. The first kappa shape index (κ1) is 13.8. The minimum Gasteiger partial charge on any atom is -0.469 e. The average molecular weight is 277 g/mol. The second-order valence-corrected chi connectivity index (χ2v) is 3.97. The summed E-state index contributed by atoms with van der Waals surface area (Å²) in [6.07, 6.45) is 3.40. The number of nitro groups is 1. The largest absolute Gasteiger partial charge is 0.469 e. The number of nitrogens with zero attached hydrogens (tertiary/aromatic N) is 3. The van der Waals surface area contributed by atoms with Crippen molar-refractivity contribution in [2.75, 3.05) is 23.7 Å². The van der Waals surface area contributed by atoms with Gasteiger partial charge in [-0.2, -0.15) is 4.98 Å². The zero-order valence-electron chi connectivity index (χ0n) is 11.0. The molecular formula is C12H15N5O3. The third-order valence-electron chi connectivity index (χ3n) is 2.54. The number of hydrogen-bond donors (Lipinski definition) is 2. The van der Waals surface area contributed by atoms with Crippen LogP contribution in [0.5, 0.6) is 0 Å². The summed E-state index contributed by atoms with van der Waals surface area (Å²) < 4.78 is 5.19. The summed E-state index contributed by atoms with van der Waals surface area (Å²) in [5, 5.41) is 16.8. The molecule has 0 aliphatic carbocycles. The molecule has 0 unspecified atom stereocenters. The zero-order chi connectivity index (χ0) is 14.4. The molecule has 0 aliphatic heterocycles. The van der Waals surface area contributed by atoms with Crippen molar-refractivity contribution < 1.29 is 9.34 Å². The van der Waals surface area contributed by atoms with Gasteiger partial charge >= 0.3 is 5.69 Å². The summed E-state index contributed by atoms with van der Waals surface area (Å²) in [6, 6.07) is 3.64. The molecule has 0 saturated heterocycles. The third-order valence-corrected chi connectivity index (χ3v) is 2.54. The molecule has 0 atom stereocenters. The molecule has 8 heteroatoms. The van der Waals surface area contributed by atoms with Crippen LogP contribution < -0.4 is 10.6 Å². The standard InChI is InChI=1S/C12H15N5O3/c1-2-13-12-15-8-10(17(18)19)11(16-12)14-6-5-9-4-3-7-20-9/h3-4,7-8H,2,5-6H2,1H3,(H2,13,14,15,16). The fourth-order valence-electron chi connectivity index (χ4n) is 1.64. The van der Waals surface area contributed by atoms with E-state index < -0.39 is 4.92 Å². The molecule has 106 valence electrons. The highest BCUT2D eigenvalue weighted by molar-refractivity contribution is 5.56. The predicted molar refractivity (Wildman–Crippen MR) is 73.8 cm³/mol. The molecule has 0 radical (unpaired) electrons. The van der Waals surface area contributed by atoms with Crippen molar-refractivity contribution in [1.29, 1.82) is 0 Å². The highest BCUT2D eigenvalue weighted by atomic mass is 16.6. The van der Waals surface area contributed by atoms with E-state index in [1.165, 1.54) is 6.20 Å². The van der Waals surface area contributed by atoms with Gasteiger partial charge in [-0.15, -0.1) is 0 Å². The van der Waals surface area contributed by atoms with E-state index in [9.17, 15) is 10.1 Å². The molecule has 0 amide bonds. The topological polar surface area (TPSA) is 106 Å². The first-order valence-electron chi connectivity index (χ1n) is 6.22. The predicted octanol–water partition coefficient (Wildman–Crippen LogP) is 2.06. The molecule has 2 N–H and O–H groups in total. The summed E-state index contributed by atoms with van der Waals surface area (Å²) >= 11 is 0. The Bertz CT molecular complexity index is 570. The van der Waals surface area contributed by atoms with Crippen LogP contribution in [0.2, 0.25) is 0 Å². The van der Waals surface area contributed by atoms with Gasteiger partial charge in [0.2, 0.25) is 11.8 Å². The maximum Gasteiger partial charge on any atom is 0.329 e. The fourth-order valence-corrected chi connectivity index (χ4v) is 1.64. The summed E-state index contributed by atoms with van der Waals surface area (Å²) in [4.78, 5) is 18.4. The van der Waals surface area contributed by atoms with Gasteiger partial charge in [-0.25, -0.2) is 4.98 Å². The highest BCUT2D eigenvalue weighted by Crippen LogP contribution is 2.21. The van der Waals surface area contributed by atoms with E-state index in [2.05, 4.69) is 20.6 Å². The smallest absolute Gasteiger partial charge is 0.329 e. The van der Waals surface area contributed by atoms with Crippen LogP contribution in [0.25, 0.3) is 0 Å². The van der Waals surface area contributed by atoms with Crippen LogP contribution in [0.15, 0.2) is 29.0 Å². The van der Waals surface area contributed by atoms with Crippen molar-refractivity contribution >= 4 is 17.5 Å². The Labute approximate surface area is 115 Å². The first-order valence-corrected chi connectivity index (χ1v) is 6.22. The van der Waals surface area contributed by atoms with E-state index in [4.69, 9.17) is 4.42 Å². The number of nitrogens with one attached hydrogen (secondary N) is 2. The molecule has 20 heavy (non-hydrogen) atoms. The molecular weight excluding hydrogens is 262 g/mol. The number of furan rings is 1. The van der Waals surface area contributed by atoms with Crippen LogP contribution in [-0.4, -0.2) is 28.0 Å². The van der Waals surface area contributed by atoms with Gasteiger partial charge in [0, 0.05) is 19.5 Å². The molecule has 0 aliphatic rings. The summed E-state index contributed by atoms with van der Waals surface area (Å²) in [6.45, 7) is 3.02. The SMILES string of the molecule is CCNc1ncc([N+](=O)[O-])c(NCCc2ccco2)n1. The molecule has 0 bridgehead atoms. The Morgan fingerprint density at radius 3 is 2.95 bits per heavy atom. The monoisotopic (exact) mass is 277 g/mol. The lowest BCUT2D eigenvalue weighted by molar-refractivity contribution is -0.384. The van der Waals surface area contributed by atoms with Crippen molar-refractivity contribution in [1.82, 2.24) is 9.97 Å². The van der Waals surface area contributed by atoms with Crippen molar-refractivity contribution in [3.8, 4) is 0 Å². The number of hydrogen-bond acceptors (Lipinski definition) is 7. The number of aromatic nitrogens is 2. The minimum absolute atomic E-state index is 0.147. The van der Waals surface area contributed by atoms with Crippen molar-refractivity contribution in [3.63, 3.8) is 0 Å². The zero-order valence-corrected chi connectivity index (χ0v) is 11.0. The Morgan fingerprint density at radius 2 is 2.30 bits per heavy atom. The van der Waals surface area contributed by atoms with E-state index >= 15 is 0 Å². The van der Waals surface area contributed by atoms with Crippen LogP contribution in [0.3, 0.4) is 0 Å². The Balaban J connectivity index is 2.06. The highest BCUT2D eigenvalue weighted by Gasteiger charge is 2.16. The molecule has 0 aromatic carbocycles. The van der Waals surface area contributed by atoms with E-state index in [0.717, 1.165) is 5.76 Å². The maximum atomic E-state index is 10.9. The normalized spacial score (nSPS) is 10.2. The fraction of sp³-hybridized carbons (Fsp3) is 0.333. The molecule has 0 spiro atoms. The van der Waals surface area contributed by atoms with E-state index in [1.54, 1.807) is 12.3 Å². The molecule has 2 heterocycles. The maximum absolute atomic E-state index is 10.9. The van der Waals surface area contributed by atoms with Gasteiger partial charge in [0.05, 0.1) is 11.2 Å². The van der Waals surface area contributed by atoms with Gasteiger partial charge < -0.3 is 15.1 Å².